The maximum Gasteiger partial charge on any atom is 0.148 e. The van der Waals surface area contributed by atoms with Gasteiger partial charge in [-0.2, -0.15) is 0 Å². The monoisotopic (exact) mass is 219 g/mol. The van der Waals surface area contributed by atoms with E-state index in [2.05, 4.69) is 12.2 Å². The van der Waals surface area contributed by atoms with Gasteiger partial charge in [0.25, 0.3) is 0 Å². The van der Waals surface area contributed by atoms with Crippen molar-refractivity contribution in [2.75, 3.05) is 18.6 Å². The van der Waals surface area contributed by atoms with Gasteiger partial charge in [0.1, 0.15) is 9.84 Å². The van der Waals surface area contributed by atoms with Crippen molar-refractivity contribution in [3.63, 3.8) is 0 Å². The van der Waals surface area contributed by atoms with Gasteiger partial charge in [-0.1, -0.05) is 6.92 Å². The zero-order chi connectivity index (χ0) is 10.6. The van der Waals surface area contributed by atoms with Crippen molar-refractivity contribution >= 4 is 9.84 Å². The lowest BCUT2D eigenvalue weighted by atomic mass is 9.87. The van der Waals surface area contributed by atoms with Crippen LogP contribution in [-0.4, -0.2) is 33.0 Å². The van der Waals surface area contributed by atoms with Gasteiger partial charge in [0.15, 0.2) is 0 Å². The SMILES string of the molecule is CC1CCC(NCCS(C)(=O)=O)CC1. The fraction of sp³-hybridized carbons (Fsp3) is 1.00. The lowest BCUT2D eigenvalue weighted by Crippen LogP contribution is -2.35. The van der Waals surface area contributed by atoms with Gasteiger partial charge < -0.3 is 5.32 Å². The van der Waals surface area contributed by atoms with Gasteiger partial charge in [-0.15, -0.1) is 0 Å². The van der Waals surface area contributed by atoms with Crippen molar-refractivity contribution in [3.05, 3.63) is 0 Å². The Kier molecular flexibility index (Phi) is 4.38. The molecule has 14 heavy (non-hydrogen) atoms. The Bertz CT molecular complexity index is 253. The van der Waals surface area contributed by atoms with E-state index in [-0.39, 0.29) is 5.75 Å². The molecule has 0 heterocycles. The third-order valence-corrected chi connectivity index (χ3v) is 3.87. The summed E-state index contributed by atoms with van der Waals surface area (Å²) in [6, 6.07) is 0.549. The van der Waals surface area contributed by atoms with Crippen LogP contribution < -0.4 is 5.32 Å². The summed E-state index contributed by atoms with van der Waals surface area (Å²) in [4.78, 5) is 0. The highest BCUT2D eigenvalue weighted by atomic mass is 32.2. The number of sulfone groups is 1. The summed E-state index contributed by atoms with van der Waals surface area (Å²) in [5, 5.41) is 3.32. The van der Waals surface area contributed by atoms with Gasteiger partial charge in [0.2, 0.25) is 0 Å². The Balaban J connectivity index is 2.14. The summed E-state index contributed by atoms with van der Waals surface area (Å²) < 4.78 is 21.8. The minimum atomic E-state index is -2.80. The Morgan fingerprint density at radius 3 is 2.29 bits per heavy atom. The lowest BCUT2D eigenvalue weighted by Gasteiger charge is -2.26. The molecule has 0 radical (unpaired) electrons. The summed E-state index contributed by atoms with van der Waals surface area (Å²) >= 11 is 0. The van der Waals surface area contributed by atoms with Crippen LogP contribution in [0.25, 0.3) is 0 Å². The van der Waals surface area contributed by atoms with E-state index in [1.54, 1.807) is 0 Å². The van der Waals surface area contributed by atoms with Gasteiger partial charge in [-0.25, -0.2) is 8.42 Å². The highest BCUT2D eigenvalue weighted by molar-refractivity contribution is 7.90. The number of rotatable bonds is 4. The minimum absolute atomic E-state index is 0.263. The average Bonchev–Trinajstić information content (AvgIpc) is 2.06. The number of hydrogen-bond donors (Lipinski definition) is 1. The first-order chi connectivity index (χ1) is 6.47. The van der Waals surface area contributed by atoms with Crippen LogP contribution in [0.3, 0.4) is 0 Å². The Morgan fingerprint density at radius 1 is 1.21 bits per heavy atom. The van der Waals surface area contributed by atoms with Crippen molar-refractivity contribution < 1.29 is 8.42 Å². The quantitative estimate of drug-likeness (QED) is 0.773. The highest BCUT2D eigenvalue weighted by Crippen LogP contribution is 2.23. The molecular weight excluding hydrogens is 198 g/mol. The molecule has 1 fully saturated rings. The van der Waals surface area contributed by atoms with Gasteiger partial charge in [-0.05, 0) is 31.6 Å². The van der Waals surface area contributed by atoms with Crippen molar-refractivity contribution in [2.24, 2.45) is 5.92 Å². The molecule has 1 saturated carbocycles. The van der Waals surface area contributed by atoms with E-state index in [1.807, 2.05) is 0 Å². The average molecular weight is 219 g/mol. The zero-order valence-corrected chi connectivity index (χ0v) is 9.94. The van der Waals surface area contributed by atoms with E-state index in [0.717, 1.165) is 5.92 Å². The van der Waals surface area contributed by atoms with E-state index in [0.29, 0.717) is 12.6 Å². The minimum Gasteiger partial charge on any atom is -0.313 e. The van der Waals surface area contributed by atoms with Gasteiger partial charge in [0, 0.05) is 18.8 Å². The third kappa shape index (κ3) is 4.96. The maximum absolute atomic E-state index is 10.9. The predicted octanol–water partition coefficient (Wildman–Crippen LogP) is 1.20. The molecule has 0 aromatic heterocycles. The third-order valence-electron chi connectivity index (χ3n) is 2.92. The molecular formula is C10H21NO2S. The Hall–Kier alpha value is -0.0900. The topological polar surface area (TPSA) is 46.2 Å². The van der Waals surface area contributed by atoms with E-state index in [1.165, 1.54) is 31.9 Å². The second-order valence-corrected chi connectivity index (χ2v) is 6.80. The van der Waals surface area contributed by atoms with Crippen LogP contribution >= 0.6 is 0 Å². The molecule has 0 bridgehead atoms. The summed E-state index contributed by atoms with van der Waals surface area (Å²) in [7, 11) is -2.80. The molecule has 4 heteroatoms. The number of nitrogens with one attached hydrogen (secondary N) is 1. The standard InChI is InChI=1S/C10H21NO2S/c1-9-3-5-10(6-4-9)11-7-8-14(2,12)13/h9-11H,3-8H2,1-2H3. The predicted molar refractivity (Wildman–Crippen MR) is 59.1 cm³/mol. The van der Waals surface area contributed by atoms with Crippen LogP contribution in [0.4, 0.5) is 0 Å². The molecule has 84 valence electrons. The summed E-state index contributed by atoms with van der Waals surface area (Å²) in [6.07, 6.45) is 6.24. The fourth-order valence-electron chi connectivity index (χ4n) is 1.91. The molecule has 1 aliphatic carbocycles. The molecule has 0 aliphatic heterocycles. The van der Waals surface area contributed by atoms with Crippen LogP contribution in [0.5, 0.6) is 0 Å². The van der Waals surface area contributed by atoms with Crippen molar-refractivity contribution in [2.45, 2.75) is 38.6 Å². The van der Waals surface area contributed by atoms with Gasteiger partial charge in [0.05, 0.1) is 5.75 Å². The van der Waals surface area contributed by atoms with Crippen molar-refractivity contribution in [1.82, 2.24) is 5.32 Å². The molecule has 1 aliphatic rings. The van der Waals surface area contributed by atoms with Crippen LogP contribution in [0.15, 0.2) is 0 Å². The first-order valence-electron chi connectivity index (χ1n) is 5.38. The van der Waals surface area contributed by atoms with Gasteiger partial charge >= 0.3 is 0 Å². The highest BCUT2D eigenvalue weighted by Gasteiger charge is 2.17. The van der Waals surface area contributed by atoms with E-state index >= 15 is 0 Å². The molecule has 3 nitrogen and oxygen atoms in total. The maximum atomic E-state index is 10.9. The van der Waals surface area contributed by atoms with Gasteiger partial charge in [-0.3, -0.25) is 0 Å². The number of hydrogen-bond acceptors (Lipinski definition) is 3. The fourth-order valence-corrected chi connectivity index (χ4v) is 2.40. The Morgan fingerprint density at radius 2 is 1.79 bits per heavy atom. The van der Waals surface area contributed by atoms with E-state index < -0.39 is 9.84 Å². The first-order valence-corrected chi connectivity index (χ1v) is 7.44. The molecule has 1 rings (SSSR count). The molecule has 0 spiro atoms. The van der Waals surface area contributed by atoms with Crippen LogP contribution in [-0.2, 0) is 9.84 Å². The lowest BCUT2D eigenvalue weighted by molar-refractivity contribution is 0.311. The summed E-state index contributed by atoms with van der Waals surface area (Å²) in [5.74, 6) is 1.11. The van der Waals surface area contributed by atoms with Crippen LogP contribution in [0.1, 0.15) is 32.6 Å². The first kappa shape index (κ1) is 12.0. The molecule has 0 saturated heterocycles. The molecule has 0 unspecified atom stereocenters. The van der Waals surface area contributed by atoms with Crippen molar-refractivity contribution in [3.8, 4) is 0 Å². The summed E-state index contributed by atoms with van der Waals surface area (Å²) in [5.41, 5.74) is 0. The second kappa shape index (κ2) is 5.12. The molecule has 0 aromatic carbocycles. The summed E-state index contributed by atoms with van der Waals surface area (Å²) in [6.45, 7) is 2.89. The molecule has 1 N–H and O–H groups in total. The second-order valence-electron chi connectivity index (χ2n) is 4.54. The van der Waals surface area contributed by atoms with E-state index in [4.69, 9.17) is 0 Å². The van der Waals surface area contributed by atoms with E-state index in [9.17, 15) is 8.42 Å². The van der Waals surface area contributed by atoms with Crippen LogP contribution in [0.2, 0.25) is 0 Å². The zero-order valence-electron chi connectivity index (χ0n) is 9.12. The largest absolute Gasteiger partial charge is 0.313 e. The smallest absolute Gasteiger partial charge is 0.148 e. The van der Waals surface area contributed by atoms with Crippen molar-refractivity contribution in [1.29, 1.82) is 0 Å². The molecule has 0 atom stereocenters. The molecule has 0 aromatic rings. The molecule has 0 amide bonds. The normalized spacial score (nSPS) is 29.0. The van der Waals surface area contributed by atoms with Crippen LogP contribution in [0, 0.1) is 5.92 Å². The Labute approximate surface area is 87.2 Å².